The highest BCUT2D eigenvalue weighted by molar-refractivity contribution is 5.77. The first-order valence-electron chi connectivity index (χ1n) is 10.6. The summed E-state index contributed by atoms with van der Waals surface area (Å²) in [5, 5.41) is 0. The topological polar surface area (TPSA) is 91.1 Å². The molecule has 0 fully saturated rings. The third kappa shape index (κ3) is 3.91. The Labute approximate surface area is 185 Å². The van der Waals surface area contributed by atoms with Crippen LogP contribution in [0, 0.1) is 0 Å². The summed E-state index contributed by atoms with van der Waals surface area (Å²) >= 11 is 0. The SMILES string of the molecule is CCCCn1c(=O)[nH]c(=O)c2c1nc(-c1ccc(OC)cc1)n2Cc1ccccc1OC. The van der Waals surface area contributed by atoms with E-state index >= 15 is 0 Å². The lowest BCUT2D eigenvalue weighted by Gasteiger charge is -2.12. The number of nitrogens with one attached hydrogen (secondary N) is 1. The predicted molar refractivity (Wildman–Crippen MR) is 124 cm³/mol. The van der Waals surface area contributed by atoms with Crippen molar-refractivity contribution >= 4 is 11.2 Å². The summed E-state index contributed by atoms with van der Waals surface area (Å²) in [6.45, 7) is 2.89. The predicted octanol–water partition coefficient (Wildman–Crippen LogP) is 3.42. The minimum Gasteiger partial charge on any atom is -0.497 e. The van der Waals surface area contributed by atoms with Crippen LogP contribution in [0.1, 0.15) is 25.3 Å². The van der Waals surface area contributed by atoms with Crippen LogP contribution >= 0.6 is 0 Å². The zero-order chi connectivity index (χ0) is 22.7. The van der Waals surface area contributed by atoms with E-state index in [-0.39, 0.29) is 0 Å². The molecule has 0 aliphatic rings. The van der Waals surface area contributed by atoms with E-state index in [1.807, 2.05) is 53.1 Å². The van der Waals surface area contributed by atoms with Gasteiger partial charge < -0.3 is 14.0 Å². The average molecular weight is 434 g/mol. The Morgan fingerprint density at radius 2 is 1.72 bits per heavy atom. The summed E-state index contributed by atoms with van der Waals surface area (Å²) in [5.74, 6) is 2.03. The molecule has 0 unspecified atom stereocenters. The Kier molecular flexibility index (Phi) is 6.11. The molecule has 2 heterocycles. The van der Waals surface area contributed by atoms with Gasteiger partial charge in [-0.1, -0.05) is 31.5 Å². The number of imidazole rings is 1. The van der Waals surface area contributed by atoms with E-state index in [9.17, 15) is 9.59 Å². The van der Waals surface area contributed by atoms with Crippen molar-refractivity contribution in [3.05, 3.63) is 74.9 Å². The highest BCUT2D eigenvalue weighted by atomic mass is 16.5. The maximum atomic E-state index is 13.0. The van der Waals surface area contributed by atoms with Crippen LogP contribution in [0.4, 0.5) is 0 Å². The summed E-state index contributed by atoms with van der Waals surface area (Å²) in [4.78, 5) is 32.8. The molecule has 0 aliphatic carbocycles. The Bertz CT molecular complexity index is 1350. The zero-order valence-corrected chi connectivity index (χ0v) is 18.4. The van der Waals surface area contributed by atoms with Crippen LogP contribution < -0.4 is 20.7 Å². The van der Waals surface area contributed by atoms with Gasteiger partial charge >= 0.3 is 5.69 Å². The van der Waals surface area contributed by atoms with Gasteiger partial charge in [0.15, 0.2) is 11.2 Å². The molecule has 0 atom stereocenters. The van der Waals surface area contributed by atoms with Crippen molar-refractivity contribution in [3.8, 4) is 22.9 Å². The smallest absolute Gasteiger partial charge is 0.330 e. The van der Waals surface area contributed by atoms with Gasteiger partial charge in [-0.15, -0.1) is 0 Å². The number of methoxy groups -OCH3 is 2. The maximum Gasteiger partial charge on any atom is 0.330 e. The van der Waals surface area contributed by atoms with E-state index in [4.69, 9.17) is 14.5 Å². The van der Waals surface area contributed by atoms with Crippen molar-refractivity contribution in [3.63, 3.8) is 0 Å². The monoisotopic (exact) mass is 434 g/mol. The standard InChI is InChI=1S/C24H26N4O4/c1-4-5-14-27-22-20(23(29)26-24(27)30)28(15-17-8-6-7-9-19(17)32-3)21(25-22)16-10-12-18(31-2)13-11-16/h6-13H,4-5,14-15H2,1-3H3,(H,26,29,30). The molecule has 32 heavy (non-hydrogen) atoms. The number of H-pyrrole nitrogens is 1. The van der Waals surface area contributed by atoms with Crippen LogP contribution in [0.15, 0.2) is 58.1 Å². The zero-order valence-electron chi connectivity index (χ0n) is 18.4. The number of para-hydroxylation sites is 1. The van der Waals surface area contributed by atoms with Gasteiger partial charge in [-0.2, -0.15) is 0 Å². The van der Waals surface area contributed by atoms with Gasteiger partial charge in [-0.05, 0) is 36.8 Å². The fourth-order valence-corrected chi connectivity index (χ4v) is 3.81. The number of aromatic amines is 1. The second kappa shape index (κ2) is 9.13. The number of rotatable bonds is 8. The van der Waals surface area contributed by atoms with Crippen molar-refractivity contribution < 1.29 is 9.47 Å². The van der Waals surface area contributed by atoms with Gasteiger partial charge in [0.2, 0.25) is 0 Å². The molecule has 166 valence electrons. The van der Waals surface area contributed by atoms with E-state index in [2.05, 4.69) is 11.9 Å². The number of fused-ring (bicyclic) bond motifs is 1. The van der Waals surface area contributed by atoms with Gasteiger partial charge in [-0.3, -0.25) is 14.3 Å². The first kappa shape index (κ1) is 21.4. The summed E-state index contributed by atoms with van der Waals surface area (Å²) in [6, 6.07) is 15.1. The molecule has 8 heteroatoms. The Hall–Kier alpha value is -3.81. The molecule has 0 amide bonds. The third-order valence-corrected chi connectivity index (χ3v) is 5.49. The Balaban J connectivity index is 1.99. The number of benzene rings is 2. The number of hydrogen-bond donors (Lipinski definition) is 1. The molecular formula is C24H26N4O4. The quantitative estimate of drug-likeness (QED) is 0.459. The molecule has 0 bridgehead atoms. The number of aromatic nitrogens is 4. The van der Waals surface area contributed by atoms with Gasteiger partial charge in [0.25, 0.3) is 5.56 Å². The highest BCUT2D eigenvalue weighted by Gasteiger charge is 2.20. The van der Waals surface area contributed by atoms with Crippen LogP contribution in [0.5, 0.6) is 11.5 Å². The second-order valence-electron chi connectivity index (χ2n) is 7.50. The van der Waals surface area contributed by atoms with E-state index in [0.717, 1.165) is 29.7 Å². The van der Waals surface area contributed by atoms with Gasteiger partial charge in [-0.25, -0.2) is 9.78 Å². The van der Waals surface area contributed by atoms with Gasteiger partial charge in [0.1, 0.15) is 17.3 Å². The number of nitrogens with zero attached hydrogens (tertiary/aromatic N) is 3. The third-order valence-electron chi connectivity index (χ3n) is 5.49. The molecule has 2 aromatic heterocycles. The molecule has 0 saturated carbocycles. The first-order valence-corrected chi connectivity index (χ1v) is 10.6. The van der Waals surface area contributed by atoms with Crippen LogP contribution in [-0.4, -0.2) is 33.3 Å². The van der Waals surface area contributed by atoms with Gasteiger partial charge in [0, 0.05) is 17.7 Å². The number of hydrogen-bond acceptors (Lipinski definition) is 5. The summed E-state index contributed by atoms with van der Waals surface area (Å²) in [5.41, 5.74) is 1.55. The molecular weight excluding hydrogens is 408 g/mol. The summed E-state index contributed by atoms with van der Waals surface area (Å²) in [6.07, 6.45) is 1.72. The minimum atomic E-state index is -0.458. The molecule has 2 aromatic carbocycles. The normalized spacial score (nSPS) is 11.1. The average Bonchev–Trinajstić information content (AvgIpc) is 3.19. The van der Waals surface area contributed by atoms with Crippen LogP contribution in [0.25, 0.3) is 22.6 Å². The minimum absolute atomic E-state index is 0.358. The highest BCUT2D eigenvalue weighted by Crippen LogP contribution is 2.28. The molecule has 4 aromatic rings. The van der Waals surface area contributed by atoms with E-state index in [1.54, 1.807) is 18.8 Å². The maximum absolute atomic E-state index is 13.0. The molecule has 0 spiro atoms. The van der Waals surface area contributed by atoms with E-state index < -0.39 is 11.2 Å². The van der Waals surface area contributed by atoms with Crippen molar-refractivity contribution in [2.75, 3.05) is 14.2 Å². The van der Waals surface area contributed by atoms with Crippen molar-refractivity contribution in [1.82, 2.24) is 19.1 Å². The number of ether oxygens (including phenoxy) is 2. The lowest BCUT2D eigenvalue weighted by molar-refractivity contribution is 0.408. The molecule has 8 nitrogen and oxygen atoms in total. The van der Waals surface area contributed by atoms with Crippen LogP contribution in [-0.2, 0) is 13.1 Å². The Morgan fingerprint density at radius 3 is 2.41 bits per heavy atom. The van der Waals surface area contributed by atoms with Crippen molar-refractivity contribution in [1.29, 1.82) is 0 Å². The summed E-state index contributed by atoms with van der Waals surface area (Å²) in [7, 11) is 3.22. The lowest BCUT2D eigenvalue weighted by atomic mass is 10.1. The number of unbranched alkanes of at least 4 members (excludes halogenated alkanes) is 1. The van der Waals surface area contributed by atoms with E-state index in [0.29, 0.717) is 35.8 Å². The first-order chi connectivity index (χ1) is 15.6. The largest absolute Gasteiger partial charge is 0.497 e. The second-order valence-corrected chi connectivity index (χ2v) is 7.50. The summed E-state index contributed by atoms with van der Waals surface area (Å²) < 4.78 is 14.2. The fraction of sp³-hybridized carbons (Fsp3) is 0.292. The Morgan fingerprint density at radius 1 is 0.969 bits per heavy atom. The fourth-order valence-electron chi connectivity index (χ4n) is 3.81. The molecule has 0 saturated heterocycles. The van der Waals surface area contributed by atoms with Crippen LogP contribution in [0.3, 0.4) is 0 Å². The molecule has 0 aliphatic heterocycles. The van der Waals surface area contributed by atoms with Crippen molar-refractivity contribution in [2.45, 2.75) is 32.9 Å². The molecule has 0 radical (unpaired) electrons. The van der Waals surface area contributed by atoms with Gasteiger partial charge in [0.05, 0.1) is 20.8 Å². The molecule has 1 N–H and O–H groups in total. The molecule has 4 rings (SSSR count). The van der Waals surface area contributed by atoms with Crippen molar-refractivity contribution in [2.24, 2.45) is 0 Å². The van der Waals surface area contributed by atoms with E-state index in [1.165, 1.54) is 0 Å². The lowest BCUT2D eigenvalue weighted by Crippen LogP contribution is -2.31. The number of aryl methyl sites for hydroxylation is 1. The van der Waals surface area contributed by atoms with Crippen LogP contribution in [0.2, 0.25) is 0 Å².